The molecule has 3 aromatic rings. The van der Waals surface area contributed by atoms with Crippen LogP contribution < -0.4 is 0 Å². The van der Waals surface area contributed by atoms with E-state index in [1.54, 1.807) is 6.20 Å². The molecule has 2 heterocycles. The lowest BCUT2D eigenvalue weighted by Crippen LogP contribution is -2.38. The van der Waals surface area contributed by atoms with Crippen LogP contribution in [0.25, 0.3) is 22.4 Å². The van der Waals surface area contributed by atoms with Crippen LogP contribution in [0, 0.1) is 6.92 Å². The first-order chi connectivity index (χ1) is 14.1. The van der Waals surface area contributed by atoms with Crippen molar-refractivity contribution in [2.75, 3.05) is 32.8 Å². The second-order valence-electron chi connectivity index (χ2n) is 7.38. The van der Waals surface area contributed by atoms with E-state index in [4.69, 9.17) is 4.74 Å². The average molecular weight is 390 g/mol. The molecule has 5 heteroatoms. The Morgan fingerprint density at radius 1 is 0.966 bits per heavy atom. The smallest absolute Gasteiger partial charge is 0.337 e. The van der Waals surface area contributed by atoms with E-state index in [0.717, 1.165) is 67.3 Å². The van der Waals surface area contributed by atoms with Crippen molar-refractivity contribution < 1.29 is 14.6 Å². The minimum absolute atomic E-state index is 0.366. The first-order valence-corrected chi connectivity index (χ1v) is 10.0. The molecular weight excluding hydrogens is 364 g/mol. The first-order valence-electron chi connectivity index (χ1n) is 10.0. The molecule has 0 saturated carbocycles. The summed E-state index contributed by atoms with van der Waals surface area (Å²) in [5.74, 6) is -0.883. The Bertz CT molecular complexity index is 989. The van der Waals surface area contributed by atoms with E-state index in [0.29, 0.717) is 5.56 Å². The fourth-order valence-electron chi connectivity index (χ4n) is 4.04. The highest BCUT2D eigenvalue weighted by Crippen LogP contribution is 2.35. The van der Waals surface area contributed by atoms with Crippen LogP contribution in [0.3, 0.4) is 0 Å². The predicted octanol–water partition coefficient (Wildman–Crippen LogP) is 4.16. The minimum Gasteiger partial charge on any atom is -0.478 e. The van der Waals surface area contributed by atoms with Gasteiger partial charge in [0, 0.05) is 37.9 Å². The van der Waals surface area contributed by atoms with Crippen molar-refractivity contribution in [3.05, 3.63) is 71.9 Å². The van der Waals surface area contributed by atoms with Crippen molar-refractivity contribution in [2.24, 2.45) is 0 Å². The average Bonchev–Trinajstić information content (AvgIpc) is 3.10. The van der Waals surface area contributed by atoms with Gasteiger partial charge < -0.3 is 14.4 Å². The second kappa shape index (κ2) is 8.64. The number of hydrogen-bond donors (Lipinski definition) is 1. The lowest BCUT2D eigenvalue weighted by Gasteiger charge is -2.27. The molecule has 1 saturated heterocycles. The third-order valence-electron chi connectivity index (χ3n) is 5.59. The summed E-state index contributed by atoms with van der Waals surface area (Å²) in [6, 6.07) is 18.5. The molecule has 1 aliphatic rings. The lowest BCUT2D eigenvalue weighted by atomic mass is 9.95. The van der Waals surface area contributed by atoms with Gasteiger partial charge in [-0.2, -0.15) is 0 Å². The van der Waals surface area contributed by atoms with E-state index in [1.807, 2.05) is 37.3 Å². The summed E-state index contributed by atoms with van der Waals surface area (Å²) in [6.45, 7) is 6.88. The summed E-state index contributed by atoms with van der Waals surface area (Å²) in [5.41, 5.74) is 5.45. The summed E-state index contributed by atoms with van der Waals surface area (Å²) in [6.07, 6.45) is 1.79. The molecule has 0 spiro atoms. The maximum absolute atomic E-state index is 11.8. The SMILES string of the molecule is Cc1c(C(=O)O)cn(CCN2CCOCC2)c1-c1ccccc1-c1ccccc1. The van der Waals surface area contributed by atoms with Crippen molar-refractivity contribution in [2.45, 2.75) is 13.5 Å². The number of hydrogen-bond acceptors (Lipinski definition) is 3. The van der Waals surface area contributed by atoms with Gasteiger partial charge >= 0.3 is 5.97 Å². The van der Waals surface area contributed by atoms with Gasteiger partial charge in [-0.15, -0.1) is 0 Å². The highest BCUT2D eigenvalue weighted by molar-refractivity contribution is 5.94. The second-order valence-corrected chi connectivity index (χ2v) is 7.38. The Hall–Kier alpha value is -2.89. The molecule has 1 aromatic heterocycles. The number of benzene rings is 2. The van der Waals surface area contributed by atoms with Gasteiger partial charge in [-0.3, -0.25) is 4.90 Å². The van der Waals surface area contributed by atoms with Crippen molar-refractivity contribution in [1.82, 2.24) is 9.47 Å². The molecule has 0 atom stereocenters. The lowest BCUT2D eigenvalue weighted by molar-refractivity contribution is 0.0364. The van der Waals surface area contributed by atoms with Crippen LogP contribution in [0.4, 0.5) is 0 Å². The third-order valence-corrected chi connectivity index (χ3v) is 5.59. The Morgan fingerprint density at radius 2 is 1.62 bits per heavy atom. The Labute approximate surface area is 171 Å². The van der Waals surface area contributed by atoms with Crippen molar-refractivity contribution in [3.8, 4) is 22.4 Å². The highest BCUT2D eigenvalue weighted by atomic mass is 16.5. The Kier molecular flexibility index (Phi) is 5.79. The first kappa shape index (κ1) is 19.4. The molecule has 0 amide bonds. The standard InChI is InChI=1S/C24H26N2O3/c1-18-22(24(27)28)17-26(12-11-25-13-15-29-16-14-25)23(18)21-10-6-5-9-20(21)19-7-3-2-4-8-19/h2-10,17H,11-16H2,1H3,(H,27,28). The van der Waals surface area contributed by atoms with Gasteiger partial charge in [0.2, 0.25) is 0 Å². The molecule has 150 valence electrons. The Morgan fingerprint density at radius 3 is 2.31 bits per heavy atom. The van der Waals surface area contributed by atoms with Gasteiger partial charge in [-0.05, 0) is 23.6 Å². The maximum atomic E-state index is 11.8. The van der Waals surface area contributed by atoms with Gasteiger partial charge in [0.15, 0.2) is 0 Å². The number of carboxylic acid groups (broad SMARTS) is 1. The molecule has 0 bridgehead atoms. The molecule has 1 aliphatic heterocycles. The van der Waals surface area contributed by atoms with Crippen molar-refractivity contribution >= 4 is 5.97 Å². The van der Waals surface area contributed by atoms with Gasteiger partial charge in [0.25, 0.3) is 0 Å². The maximum Gasteiger partial charge on any atom is 0.337 e. The quantitative estimate of drug-likeness (QED) is 0.687. The van der Waals surface area contributed by atoms with E-state index in [-0.39, 0.29) is 0 Å². The molecule has 0 aliphatic carbocycles. The number of morpholine rings is 1. The molecule has 1 fully saturated rings. The number of rotatable bonds is 6. The normalized spacial score (nSPS) is 14.8. The van der Waals surface area contributed by atoms with Crippen LogP contribution in [0.1, 0.15) is 15.9 Å². The van der Waals surface area contributed by atoms with Crippen LogP contribution in [-0.2, 0) is 11.3 Å². The molecule has 2 aromatic carbocycles. The third kappa shape index (κ3) is 4.11. The highest BCUT2D eigenvalue weighted by Gasteiger charge is 2.21. The minimum atomic E-state index is -0.883. The number of aromatic nitrogens is 1. The largest absolute Gasteiger partial charge is 0.478 e. The zero-order valence-electron chi connectivity index (χ0n) is 16.7. The molecule has 4 rings (SSSR count). The zero-order valence-corrected chi connectivity index (χ0v) is 16.7. The van der Waals surface area contributed by atoms with E-state index in [1.165, 1.54) is 0 Å². The molecule has 5 nitrogen and oxygen atoms in total. The Balaban J connectivity index is 1.76. The monoisotopic (exact) mass is 390 g/mol. The van der Waals surface area contributed by atoms with Crippen LogP contribution in [0.2, 0.25) is 0 Å². The molecular formula is C24H26N2O3. The van der Waals surface area contributed by atoms with Gasteiger partial charge in [-0.25, -0.2) is 4.79 Å². The topological polar surface area (TPSA) is 54.7 Å². The zero-order chi connectivity index (χ0) is 20.2. The number of carboxylic acids is 1. The summed E-state index contributed by atoms with van der Waals surface area (Å²) >= 11 is 0. The van der Waals surface area contributed by atoms with E-state index >= 15 is 0 Å². The summed E-state index contributed by atoms with van der Waals surface area (Å²) in [7, 11) is 0. The van der Waals surface area contributed by atoms with Crippen molar-refractivity contribution in [1.29, 1.82) is 0 Å². The number of aromatic carboxylic acids is 1. The summed E-state index contributed by atoms with van der Waals surface area (Å²) < 4.78 is 7.55. The van der Waals surface area contributed by atoms with E-state index in [9.17, 15) is 9.90 Å². The molecule has 0 radical (unpaired) electrons. The predicted molar refractivity (Wildman–Crippen MR) is 114 cm³/mol. The van der Waals surface area contributed by atoms with Crippen molar-refractivity contribution in [3.63, 3.8) is 0 Å². The van der Waals surface area contributed by atoms with Crippen LogP contribution in [0.15, 0.2) is 60.8 Å². The molecule has 29 heavy (non-hydrogen) atoms. The van der Waals surface area contributed by atoms with Gasteiger partial charge in [0.05, 0.1) is 24.5 Å². The number of carbonyl (C=O) groups is 1. The fraction of sp³-hybridized carbons (Fsp3) is 0.292. The number of ether oxygens (including phenoxy) is 1. The van der Waals surface area contributed by atoms with E-state index in [2.05, 4.69) is 33.7 Å². The molecule has 1 N–H and O–H groups in total. The number of nitrogens with zero attached hydrogens (tertiary/aromatic N) is 2. The molecule has 0 unspecified atom stereocenters. The summed E-state index contributed by atoms with van der Waals surface area (Å²) in [4.78, 5) is 14.2. The van der Waals surface area contributed by atoms with Crippen LogP contribution in [-0.4, -0.2) is 53.4 Å². The summed E-state index contributed by atoms with van der Waals surface area (Å²) in [5, 5.41) is 9.71. The van der Waals surface area contributed by atoms with Gasteiger partial charge in [-0.1, -0.05) is 54.6 Å². The van der Waals surface area contributed by atoms with E-state index < -0.39 is 5.97 Å². The van der Waals surface area contributed by atoms with Crippen LogP contribution >= 0.6 is 0 Å². The fourth-order valence-corrected chi connectivity index (χ4v) is 4.04. The van der Waals surface area contributed by atoms with Crippen LogP contribution in [0.5, 0.6) is 0 Å². The van der Waals surface area contributed by atoms with Gasteiger partial charge in [0.1, 0.15) is 0 Å².